The minimum absolute atomic E-state index is 0.0257. The van der Waals surface area contributed by atoms with E-state index in [4.69, 9.17) is 0 Å². The predicted molar refractivity (Wildman–Crippen MR) is 76.2 cm³/mol. The summed E-state index contributed by atoms with van der Waals surface area (Å²) in [6.45, 7) is 2.22. The summed E-state index contributed by atoms with van der Waals surface area (Å²) in [4.78, 5) is 28.2. The van der Waals surface area contributed by atoms with Crippen molar-refractivity contribution in [3.05, 3.63) is 29.8 Å². The second kappa shape index (κ2) is 5.25. The molecular formula is C15H19N3O2. The first-order chi connectivity index (χ1) is 9.65. The summed E-state index contributed by atoms with van der Waals surface area (Å²) in [6.07, 6.45) is 1.67. The Balaban J connectivity index is 1.74. The fraction of sp³-hybridized carbons (Fsp3) is 0.467. The van der Waals surface area contributed by atoms with Gasteiger partial charge in [0.1, 0.15) is 0 Å². The molecule has 1 saturated heterocycles. The Labute approximate surface area is 118 Å². The monoisotopic (exact) mass is 273 g/mol. The van der Waals surface area contributed by atoms with Gasteiger partial charge in [0.15, 0.2) is 0 Å². The van der Waals surface area contributed by atoms with Crippen LogP contribution in [0.1, 0.15) is 18.4 Å². The van der Waals surface area contributed by atoms with Crippen LogP contribution in [0.4, 0.5) is 10.5 Å². The molecule has 3 amide bonds. The Morgan fingerprint density at radius 1 is 1.25 bits per heavy atom. The molecule has 1 aromatic rings. The number of hydrogen-bond acceptors (Lipinski definition) is 3. The SMILES string of the molecule is CN1CCC(C(=O)N2Cc3ccccc3NC2=O)CC1. The van der Waals surface area contributed by atoms with Gasteiger partial charge in [0, 0.05) is 11.6 Å². The zero-order chi connectivity index (χ0) is 14.1. The number of carbonyl (C=O) groups excluding carboxylic acids is 2. The molecule has 0 spiro atoms. The molecule has 1 N–H and O–H groups in total. The van der Waals surface area contributed by atoms with Crippen LogP contribution in [0.25, 0.3) is 0 Å². The molecule has 5 nitrogen and oxygen atoms in total. The van der Waals surface area contributed by atoms with E-state index in [9.17, 15) is 9.59 Å². The van der Waals surface area contributed by atoms with Gasteiger partial charge in [-0.1, -0.05) is 18.2 Å². The van der Waals surface area contributed by atoms with Crippen LogP contribution in [0, 0.1) is 5.92 Å². The first kappa shape index (κ1) is 13.1. The standard InChI is InChI=1S/C15H19N3O2/c1-17-8-6-11(7-9-17)14(19)18-10-12-4-2-3-5-13(12)16-15(18)20/h2-5,11H,6-10H2,1H3,(H,16,20). The van der Waals surface area contributed by atoms with Crippen molar-refractivity contribution < 1.29 is 9.59 Å². The Hall–Kier alpha value is -1.88. The molecule has 3 rings (SSSR count). The summed E-state index contributed by atoms with van der Waals surface area (Å²) in [7, 11) is 2.06. The van der Waals surface area contributed by atoms with Gasteiger partial charge >= 0.3 is 6.03 Å². The summed E-state index contributed by atoms with van der Waals surface area (Å²) in [5.74, 6) is -0.0627. The zero-order valence-electron chi connectivity index (χ0n) is 11.6. The van der Waals surface area contributed by atoms with Gasteiger partial charge in [0.2, 0.25) is 5.91 Å². The quantitative estimate of drug-likeness (QED) is 0.850. The van der Waals surface area contributed by atoms with Crippen LogP contribution in [0.5, 0.6) is 0 Å². The maximum absolute atomic E-state index is 12.5. The van der Waals surface area contributed by atoms with Gasteiger partial charge in [0.05, 0.1) is 6.54 Å². The number of carbonyl (C=O) groups is 2. The van der Waals surface area contributed by atoms with E-state index in [0.717, 1.165) is 37.2 Å². The normalized spacial score (nSPS) is 20.4. The van der Waals surface area contributed by atoms with Crippen LogP contribution in [-0.2, 0) is 11.3 Å². The van der Waals surface area contributed by atoms with E-state index in [1.165, 1.54) is 4.90 Å². The van der Waals surface area contributed by atoms with Gasteiger partial charge in [-0.15, -0.1) is 0 Å². The number of nitrogens with zero attached hydrogens (tertiary/aromatic N) is 2. The summed E-state index contributed by atoms with van der Waals surface area (Å²) < 4.78 is 0. The van der Waals surface area contributed by atoms with Crippen LogP contribution in [-0.4, -0.2) is 41.9 Å². The minimum Gasteiger partial charge on any atom is -0.307 e. The van der Waals surface area contributed by atoms with Gasteiger partial charge in [0.25, 0.3) is 0 Å². The minimum atomic E-state index is -0.298. The Kier molecular flexibility index (Phi) is 3.44. The third kappa shape index (κ3) is 2.41. The van der Waals surface area contributed by atoms with Gasteiger partial charge in [-0.25, -0.2) is 4.79 Å². The molecule has 5 heteroatoms. The topological polar surface area (TPSA) is 52.7 Å². The fourth-order valence-corrected chi connectivity index (χ4v) is 2.86. The molecule has 1 aromatic carbocycles. The van der Waals surface area contributed by atoms with E-state index >= 15 is 0 Å². The van der Waals surface area contributed by atoms with Crippen LogP contribution < -0.4 is 5.32 Å². The smallest absolute Gasteiger partial charge is 0.307 e. The number of amides is 3. The van der Waals surface area contributed by atoms with Gasteiger partial charge in [-0.3, -0.25) is 9.69 Å². The second-order valence-corrected chi connectivity index (χ2v) is 5.59. The number of hydrogen-bond donors (Lipinski definition) is 1. The molecule has 0 unspecified atom stereocenters. The van der Waals surface area contributed by atoms with E-state index in [0.29, 0.717) is 6.54 Å². The maximum Gasteiger partial charge on any atom is 0.328 e. The lowest BCUT2D eigenvalue weighted by atomic mass is 9.95. The highest BCUT2D eigenvalue weighted by Gasteiger charge is 2.33. The molecule has 0 aliphatic carbocycles. The molecule has 20 heavy (non-hydrogen) atoms. The lowest BCUT2D eigenvalue weighted by Crippen LogP contribution is -2.47. The van der Waals surface area contributed by atoms with E-state index in [-0.39, 0.29) is 17.9 Å². The van der Waals surface area contributed by atoms with Crippen LogP contribution >= 0.6 is 0 Å². The molecule has 1 fully saturated rings. The van der Waals surface area contributed by atoms with Crippen molar-refractivity contribution in [2.45, 2.75) is 19.4 Å². The number of para-hydroxylation sites is 1. The zero-order valence-corrected chi connectivity index (χ0v) is 11.6. The predicted octanol–water partition coefficient (Wildman–Crippen LogP) is 1.90. The number of anilines is 1. The molecule has 0 radical (unpaired) electrons. The number of rotatable bonds is 1. The number of nitrogens with one attached hydrogen (secondary N) is 1. The second-order valence-electron chi connectivity index (χ2n) is 5.59. The molecule has 0 bridgehead atoms. The molecule has 2 aliphatic heterocycles. The van der Waals surface area contributed by atoms with Crippen molar-refractivity contribution in [2.75, 3.05) is 25.5 Å². The highest BCUT2D eigenvalue weighted by molar-refractivity contribution is 6.03. The molecule has 0 atom stereocenters. The molecular weight excluding hydrogens is 254 g/mol. The van der Waals surface area contributed by atoms with Gasteiger partial charge < -0.3 is 10.2 Å². The Morgan fingerprint density at radius 3 is 2.70 bits per heavy atom. The first-order valence-electron chi connectivity index (χ1n) is 7.04. The lowest BCUT2D eigenvalue weighted by Gasteiger charge is -2.33. The van der Waals surface area contributed by atoms with E-state index in [1.54, 1.807) is 0 Å². The Morgan fingerprint density at radius 2 is 1.95 bits per heavy atom. The summed E-state index contributed by atoms with van der Waals surface area (Å²) in [5, 5.41) is 2.79. The molecule has 106 valence electrons. The molecule has 2 heterocycles. The van der Waals surface area contributed by atoms with Gasteiger partial charge in [-0.05, 0) is 44.6 Å². The van der Waals surface area contributed by atoms with Crippen LogP contribution in [0.15, 0.2) is 24.3 Å². The number of piperidine rings is 1. The number of urea groups is 1. The first-order valence-corrected chi connectivity index (χ1v) is 7.04. The molecule has 0 saturated carbocycles. The largest absolute Gasteiger partial charge is 0.328 e. The average Bonchev–Trinajstić information content (AvgIpc) is 2.46. The maximum atomic E-state index is 12.5. The highest BCUT2D eigenvalue weighted by atomic mass is 16.2. The average molecular weight is 273 g/mol. The van der Waals surface area contributed by atoms with Crippen molar-refractivity contribution >= 4 is 17.6 Å². The van der Waals surface area contributed by atoms with Crippen LogP contribution in [0.2, 0.25) is 0 Å². The number of fused-ring (bicyclic) bond motifs is 1. The lowest BCUT2D eigenvalue weighted by molar-refractivity contribution is -0.134. The van der Waals surface area contributed by atoms with Crippen LogP contribution in [0.3, 0.4) is 0 Å². The third-order valence-corrected chi connectivity index (χ3v) is 4.17. The van der Waals surface area contributed by atoms with E-state index in [1.807, 2.05) is 24.3 Å². The van der Waals surface area contributed by atoms with E-state index in [2.05, 4.69) is 17.3 Å². The van der Waals surface area contributed by atoms with Crippen molar-refractivity contribution in [1.82, 2.24) is 9.80 Å². The number of likely N-dealkylation sites (tertiary alicyclic amines) is 1. The Bertz CT molecular complexity index is 536. The summed E-state index contributed by atoms with van der Waals surface area (Å²) in [6, 6.07) is 7.32. The molecule has 2 aliphatic rings. The number of imide groups is 1. The van der Waals surface area contributed by atoms with Crippen molar-refractivity contribution in [3.8, 4) is 0 Å². The third-order valence-electron chi connectivity index (χ3n) is 4.17. The van der Waals surface area contributed by atoms with Crippen molar-refractivity contribution in [3.63, 3.8) is 0 Å². The fourth-order valence-electron chi connectivity index (χ4n) is 2.86. The van der Waals surface area contributed by atoms with Crippen molar-refractivity contribution in [1.29, 1.82) is 0 Å². The molecule has 0 aromatic heterocycles. The summed E-state index contributed by atoms with van der Waals surface area (Å²) in [5.41, 5.74) is 1.80. The highest BCUT2D eigenvalue weighted by Crippen LogP contribution is 2.26. The van der Waals surface area contributed by atoms with E-state index < -0.39 is 0 Å². The number of benzene rings is 1. The van der Waals surface area contributed by atoms with Crippen molar-refractivity contribution in [2.24, 2.45) is 5.92 Å². The summed E-state index contributed by atoms with van der Waals surface area (Å²) >= 11 is 0. The van der Waals surface area contributed by atoms with Gasteiger partial charge in [-0.2, -0.15) is 0 Å².